The average molecular weight is 457 g/mol. The molecule has 0 saturated heterocycles. The zero-order valence-electron chi connectivity index (χ0n) is 15.0. The maximum absolute atomic E-state index is 13.7. The topological polar surface area (TPSA) is 59.0 Å². The molecule has 1 saturated carbocycles. The molecule has 28 heavy (non-hydrogen) atoms. The molecule has 2 atom stereocenters. The molecule has 1 aromatic carbocycles. The predicted octanol–water partition coefficient (Wildman–Crippen LogP) is 4.98. The van der Waals surface area contributed by atoms with E-state index in [2.05, 4.69) is 31.7 Å². The molecule has 4 rings (SSSR count). The Morgan fingerprint density at radius 3 is 2.54 bits per heavy atom. The minimum absolute atomic E-state index is 0.0140. The van der Waals surface area contributed by atoms with E-state index in [4.69, 9.17) is 0 Å². The van der Waals surface area contributed by atoms with Gasteiger partial charge < -0.3 is 10.6 Å². The van der Waals surface area contributed by atoms with Gasteiger partial charge in [-0.25, -0.2) is 4.68 Å². The first-order chi connectivity index (χ1) is 13.3. The average Bonchev–Trinajstić information content (AvgIpc) is 3.29. The molecule has 1 fully saturated rings. The normalized spacial score (nSPS) is 22.6. The Morgan fingerprint density at radius 2 is 1.89 bits per heavy atom. The Balaban J connectivity index is 1.62. The second-order valence-electron chi connectivity index (χ2n) is 7.36. The van der Waals surface area contributed by atoms with Gasteiger partial charge in [0.05, 0.1) is 6.04 Å². The van der Waals surface area contributed by atoms with Crippen LogP contribution in [0, 0.1) is 0 Å². The van der Waals surface area contributed by atoms with Crippen LogP contribution in [-0.2, 0) is 0 Å². The van der Waals surface area contributed by atoms with Gasteiger partial charge in [-0.3, -0.25) is 4.79 Å². The molecule has 2 aliphatic rings. The Kier molecular flexibility index (Phi) is 5.11. The van der Waals surface area contributed by atoms with E-state index < -0.39 is 24.2 Å². The maximum atomic E-state index is 13.7. The Morgan fingerprint density at radius 1 is 1.21 bits per heavy atom. The van der Waals surface area contributed by atoms with Gasteiger partial charge in [0.25, 0.3) is 5.91 Å². The van der Waals surface area contributed by atoms with Crippen molar-refractivity contribution in [3.8, 4) is 0 Å². The highest BCUT2D eigenvalue weighted by Crippen LogP contribution is 2.43. The summed E-state index contributed by atoms with van der Waals surface area (Å²) in [6.45, 7) is 0. The van der Waals surface area contributed by atoms with Crippen LogP contribution in [0.25, 0.3) is 0 Å². The molecule has 0 unspecified atom stereocenters. The third-order valence-electron chi connectivity index (χ3n) is 5.39. The molecule has 0 radical (unpaired) electrons. The number of aromatic nitrogens is 2. The van der Waals surface area contributed by atoms with Crippen molar-refractivity contribution in [2.75, 3.05) is 5.32 Å². The molecule has 1 aliphatic carbocycles. The lowest BCUT2D eigenvalue weighted by atomic mass is 9.97. The number of fused-ring (bicyclic) bond motifs is 1. The van der Waals surface area contributed by atoms with Gasteiger partial charge in [0.1, 0.15) is 5.82 Å². The molecular formula is C19H20BrF3N4O. The van der Waals surface area contributed by atoms with Crippen LogP contribution in [0.2, 0.25) is 0 Å². The first-order valence-electron chi connectivity index (χ1n) is 9.30. The summed E-state index contributed by atoms with van der Waals surface area (Å²) in [5, 5.41) is 9.98. The standard InChI is InChI=1S/C19H20BrF3N4O/c20-12-7-5-11(6-8-12)14-9-16(19(21,22)23)27-17(25-14)10-15(26-27)18(28)24-13-3-1-2-4-13/h5-8,10,13-14,16,25H,1-4,9H2,(H,24,28)/t14-,16+/m1/s1. The van der Waals surface area contributed by atoms with Crippen molar-refractivity contribution in [2.24, 2.45) is 0 Å². The number of rotatable bonds is 3. The largest absolute Gasteiger partial charge is 0.410 e. The summed E-state index contributed by atoms with van der Waals surface area (Å²) >= 11 is 3.33. The lowest BCUT2D eigenvalue weighted by Gasteiger charge is -2.33. The first-order valence-corrected chi connectivity index (χ1v) is 10.1. The fourth-order valence-corrected chi connectivity index (χ4v) is 4.19. The number of nitrogens with one attached hydrogen (secondary N) is 2. The number of carbonyl (C=O) groups excluding carboxylic acids is 1. The lowest BCUT2D eigenvalue weighted by molar-refractivity contribution is -0.173. The van der Waals surface area contributed by atoms with Crippen LogP contribution in [0.5, 0.6) is 0 Å². The molecule has 150 valence electrons. The summed E-state index contributed by atoms with van der Waals surface area (Å²) < 4.78 is 42.9. The zero-order chi connectivity index (χ0) is 19.9. The van der Waals surface area contributed by atoms with Crippen molar-refractivity contribution in [3.05, 3.63) is 46.1 Å². The van der Waals surface area contributed by atoms with Crippen molar-refractivity contribution < 1.29 is 18.0 Å². The third kappa shape index (κ3) is 3.90. The van der Waals surface area contributed by atoms with Gasteiger partial charge in [0.2, 0.25) is 0 Å². The van der Waals surface area contributed by atoms with Crippen molar-refractivity contribution >= 4 is 27.7 Å². The molecule has 0 bridgehead atoms. The Labute approximate surface area is 168 Å². The fraction of sp³-hybridized carbons (Fsp3) is 0.474. The lowest BCUT2D eigenvalue weighted by Crippen LogP contribution is -2.36. The zero-order valence-corrected chi connectivity index (χ0v) is 16.6. The summed E-state index contributed by atoms with van der Waals surface area (Å²) in [7, 11) is 0. The van der Waals surface area contributed by atoms with Crippen LogP contribution in [0.3, 0.4) is 0 Å². The number of alkyl halides is 3. The Bertz CT molecular complexity index is 859. The van der Waals surface area contributed by atoms with E-state index in [9.17, 15) is 18.0 Å². The number of halogens is 4. The highest BCUT2D eigenvalue weighted by Gasteiger charge is 2.46. The number of anilines is 1. The highest BCUT2D eigenvalue weighted by molar-refractivity contribution is 9.10. The van der Waals surface area contributed by atoms with Crippen LogP contribution < -0.4 is 10.6 Å². The SMILES string of the molecule is O=C(NC1CCCC1)c1cc2n(n1)[C@H](C(F)(F)F)C[C@H](c1ccc(Br)cc1)N2. The number of hydrogen-bond acceptors (Lipinski definition) is 3. The van der Waals surface area contributed by atoms with E-state index in [0.717, 1.165) is 40.4 Å². The molecular weight excluding hydrogens is 437 g/mol. The van der Waals surface area contributed by atoms with Gasteiger partial charge >= 0.3 is 6.18 Å². The van der Waals surface area contributed by atoms with Gasteiger partial charge in [-0.05, 0) is 30.5 Å². The van der Waals surface area contributed by atoms with Crippen molar-refractivity contribution in [2.45, 2.75) is 56.4 Å². The maximum Gasteiger partial charge on any atom is 0.410 e. The first kappa shape index (κ1) is 19.3. The summed E-state index contributed by atoms with van der Waals surface area (Å²) in [5.74, 6) is -0.213. The number of carbonyl (C=O) groups is 1. The number of hydrogen-bond donors (Lipinski definition) is 2. The molecule has 5 nitrogen and oxygen atoms in total. The monoisotopic (exact) mass is 456 g/mol. The molecule has 2 heterocycles. The smallest absolute Gasteiger partial charge is 0.363 e. The van der Waals surface area contributed by atoms with Crippen LogP contribution in [-0.4, -0.2) is 27.9 Å². The number of benzene rings is 1. The van der Waals surface area contributed by atoms with Crippen LogP contribution in [0.1, 0.15) is 60.2 Å². The third-order valence-corrected chi connectivity index (χ3v) is 5.91. The summed E-state index contributed by atoms with van der Waals surface area (Å²) in [6, 6.07) is 6.35. The second-order valence-corrected chi connectivity index (χ2v) is 8.27. The van der Waals surface area contributed by atoms with E-state index in [1.807, 2.05) is 0 Å². The Hall–Kier alpha value is -2.03. The summed E-state index contributed by atoms with van der Waals surface area (Å²) in [4.78, 5) is 12.5. The van der Waals surface area contributed by atoms with E-state index in [1.54, 1.807) is 24.3 Å². The van der Waals surface area contributed by atoms with E-state index >= 15 is 0 Å². The van der Waals surface area contributed by atoms with E-state index in [0.29, 0.717) is 0 Å². The molecule has 2 aromatic rings. The van der Waals surface area contributed by atoms with Gasteiger partial charge in [-0.15, -0.1) is 0 Å². The molecule has 0 spiro atoms. The summed E-state index contributed by atoms with van der Waals surface area (Å²) in [6.07, 6.45) is -0.754. The van der Waals surface area contributed by atoms with Crippen LogP contribution >= 0.6 is 15.9 Å². The number of nitrogens with zero attached hydrogens (tertiary/aromatic N) is 2. The van der Waals surface area contributed by atoms with Gasteiger partial charge in [-0.2, -0.15) is 18.3 Å². The predicted molar refractivity (Wildman–Crippen MR) is 102 cm³/mol. The fourth-order valence-electron chi connectivity index (χ4n) is 3.93. The van der Waals surface area contributed by atoms with Gasteiger partial charge in [0, 0.05) is 23.0 Å². The van der Waals surface area contributed by atoms with Crippen LogP contribution in [0.4, 0.5) is 19.0 Å². The minimum atomic E-state index is -4.46. The summed E-state index contributed by atoms with van der Waals surface area (Å²) in [5.41, 5.74) is 0.766. The minimum Gasteiger partial charge on any atom is -0.363 e. The van der Waals surface area contributed by atoms with E-state index in [1.165, 1.54) is 6.07 Å². The molecule has 2 N–H and O–H groups in total. The van der Waals surface area contributed by atoms with Crippen molar-refractivity contribution in [3.63, 3.8) is 0 Å². The molecule has 9 heteroatoms. The quantitative estimate of drug-likeness (QED) is 0.684. The highest BCUT2D eigenvalue weighted by atomic mass is 79.9. The van der Waals surface area contributed by atoms with Gasteiger partial charge in [0.15, 0.2) is 11.7 Å². The van der Waals surface area contributed by atoms with Gasteiger partial charge in [-0.1, -0.05) is 40.9 Å². The number of amides is 1. The molecule has 1 aromatic heterocycles. The molecule has 1 amide bonds. The van der Waals surface area contributed by atoms with Crippen LogP contribution in [0.15, 0.2) is 34.8 Å². The second kappa shape index (κ2) is 7.42. The van der Waals surface area contributed by atoms with Crippen molar-refractivity contribution in [1.82, 2.24) is 15.1 Å². The molecule has 1 aliphatic heterocycles. The van der Waals surface area contributed by atoms with E-state index in [-0.39, 0.29) is 24.0 Å². The van der Waals surface area contributed by atoms with Crippen molar-refractivity contribution in [1.29, 1.82) is 0 Å².